The van der Waals surface area contributed by atoms with Gasteiger partial charge < -0.3 is 0 Å². The zero-order valence-electron chi connectivity index (χ0n) is 6.87. The third kappa shape index (κ3) is 4.56. The topological polar surface area (TPSA) is 0 Å². The van der Waals surface area contributed by atoms with Gasteiger partial charge in [0.25, 0.3) is 0 Å². The molecule has 0 fully saturated rings. The van der Waals surface area contributed by atoms with Crippen LogP contribution in [0.5, 0.6) is 0 Å². The molecule has 0 amide bonds. The van der Waals surface area contributed by atoms with Gasteiger partial charge in [-0.15, -0.1) is 0 Å². The maximum Gasteiger partial charge on any atom is 0.0563 e. The molecule has 0 rings (SSSR count). The van der Waals surface area contributed by atoms with E-state index in [2.05, 4.69) is 27.4 Å². The molecule has 0 bridgehead atoms. The van der Waals surface area contributed by atoms with Gasteiger partial charge in [-0.1, -0.05) is 0 Å². The van der Waals surface area contributed by atoms with Crippen LogP contribution in [0.15, 0.2) is 0 Å². The van der Waals surface area contributed by atoms with Gasteiger partial charge in [-0.05, 0) is 20.8 Å². The Morgan fingerprint density at radius 3 is 1.11 bits per heavy atom. The third-order valence-corrected chi connectivity index (χ3v) is 6.87. The van der Waals surface area contributed by atoms with Crippen molar-refractivity contribution in [2.24, 2.45) is 0 Å². The van der Waals surface area contributed by atoms with Gasteiger partial charge in [0, 0.05) is 36.3 Å². The van der Waals surface area contributed by atoms with Crippen LogP contribution in [-0.4, -0.2) is 25.2 Å². The Morgan fingerprint density at radius 2 is 1.11 bits per heavy atom. The van der Waals surface area contributed by atoms with Gasteiger partial charge in [0.1, 0.15) is 0 Å². The van der Waals surface area contributed by atoms with E-state index in [1.165, 1.54) is 18.5 Å². The van der Waals surface area contributed by atoms with E-state index in [-0.39, 0.29) is 22.4 Å². The molecule has 0 aromatic heterocycles. The molecular formula is C7H18AuP+. The fraction of sp³-hybridized carbons (Fsp3) is 1.00. The van der Waals surface area contributed by atoms with Crippen molar-refractivity contribution >= 4 is 7.26 Å². The molecule has 0 unspecified atom stereocenters. The van der Waals surface area contributed by atoms with Crippen molar-refractivity contribution in [2.75, 3.05) is 25.2 Å². The van der Waals surface area contributed by atoms with E-state index in [1.54, 1.807) is 0 Å². The third-order valence-electron chi connectivity index (χ3n) is 2.29. The Morgan fingerprint density at radius 1 is 0.889 bits per heavy atom. The summed E-state index contributed by atoms with van der Waals surface area (Å²) in [6, 6.07) is 0. The molecule has 0 aromatic rings. The summed E-state index contributed by atoms with van der Waals surface area (Å²) in [6.07, 6.45) is 4.29. The molecule has 0 atom stereocenters. The van der Waals surface area contributed by atoms with Crippen LogP contribution in [0, 0.1) is 0 Å². The molecule has 0 aromatic carbocycles. The summed E-state index contributed by atoms with van der Waals surface area (Å²) in [6.45, 7) is 9.43. The first-order valence-corrected chi connectivity index (χ1v) is 6.31. The Hall–Kier alpha value is 1.17. The predicted octanol–water partition coefficient (Wildman–Crippen LogP) is 2.69. The number of hydrogen-bond acceptors (Lipinski definition) is 0. The first-order chi connectivity index (χ1) is 3.68. The largest absolute Gasteiger partial charge is 0.0563 e. The first kappa shape index (κ1) is 12.8. The Balaban J connectivity index is 0. The molecule has 0 saturated heterocycles. The Labute approximate surface area is 75.6 Å². The predicted molar refractivity (Wildman–Crippen MR) is 44.5 cm³/mol. The molecular weight excluding hydrogens is 312 g/mol. The minimum atomic E-state index is -0.412. The second kappa shape index (κ2) is 5.92. The average Bonchev–Trinajstić information content (AvgIpc) is 1.87. The quantitative estimate of drug-likeness (QED) is 0.551. The van der Waals surface area contributed by atoms with Crippen LogP contribution in [0.4, 0.5) is 0 Å². The SMILES string of the molecule is CC[P+](C)(CC)CC.[Au]. The van der Waals surface area contributed by atoms with Crippen LogP contribution >= 0.6 is 7.26 Å². The monoisotopic (exact) mass is 330 g/mol. The maximum absolute atomic E-state index is 2.47. The molecule has 0 aliphatic heterocycles. The second-order valence-electron chi connectivity index (χ2n) is 2.57. The van der Waals surface area contributed by atoms with Gasteiger partial charge in [0.15, 0.2) is 0 Å². The van der Waals surface area contributed by atoms with Gasteiger partial charge in [-0.3, -0.25) is 0 Å². The van der Waals surface area contributed by atoms with E-state index < -0.39 is 7.26 Å². The van der Waals surface area contributed by atoms with E-state index >= 15 is 0 Å². The van der Waals surface area contributed by atoms with Crippen LogP contribution in [0.2, 0.25) is 0 Å². The van der Waals surface area contributed by atoms with Crippen molar-refractivity contribution in [1.82, 2.24) is 0 Å². The van der Waals surface area contributed by atoms with E-state index in [0.29, 0.717) is 0 Å². The summed E-state index contributed by atoms with van der Waals surface area (Å²) in [4.78, 5) is 0. The van der Waals surface area contributed by atoms with Gasteiger partial charge >= 0.3 is 0 Å². The Kier molecular flexibility index (Phi) is 8.43. The van der Waals surface area contributed by atoms with Crippen molar-refractivity contribution in [2.45, 2.75) is 20.8 Å². The number of hydrogen-bond donors (Lipinski definition) is 0. The minimum absolute atomic E-state index is 0. The first-order valence-electron chi connectivity index (χ1n) is 3.52. The van der Waals surface area contributed by atoms with Crippen molar-refractivity contribution in [3.05, 3.63) is 0 Å². The van der Waals surface area contributed by atoms with Crippen LogP contribution in [0.3, 0.4) is 0 Å². The van der Waals surface area contributed by atoms with E-state index in [9.17, 15) is 0 Å². The molecule has 0 aliphatic rings. The zero-order valence-corrected chi connectivity index (χ0v) is 9.93. The fourth-order valence-electron chi connectivity index (χ4n) is 0.671. The Bertz CT molecular complexity index is 51.7. The summed E-state index contributed by atoms with van der Waals surface area (Å²) in [5.41, 5.74) is 0. The molecule has 61 valence electrons. The molecule has 0 aliphatic carbocycles. The van der Waals surface area contributed by atoms with Crippen LogP contribution in [0.25, 0.3) is 0 Å². The summed E-state index contributed by atoms with van der Waals surface area (Å²) in [5.74, 6) is 0. The van der Waals surface area contributed by atoms with Gasteiger partial charge in [-0.25, -0.2) is 0 Å². The number of rotatable bonds is 3. The normalized spacial score (nSPS) is 10.7. The van der Waals surface area contributed by atoms with E-state index in [0.717, 1.165) is 0 Å². The standard InChI is InChI=1S/C7H18P.Au/c1-5-8(4,6-2)7-3;/h5-7H2,1-4H3;/q+1;. The van der Waals surface area contributed by atoms with Gasteiger partial charge in [0.05, 0.1) is 18.5 Å². The van der Waals surface area contributed by atoms with Crippen molar-refractivity contribution in [1.29, 1.82) is 0 Å². The van der Waals surface area contributed by atoms with E-state index in [4.69, 9.17) is 0 Å². The molecule has 9 heavy (non-hydrogen) atoms. The fourth-order valence-corrected chi connectivity index (χ4v) is 2.01. The van der Waals surface area contributed by atoms with Gasteiger partial charge in [0.2, 0.25) is 0 Å². The average molecular weight is 330 g/mol. The molecule has 1 radical (unpaired) electrons. The summed E-state index contributed by atoms with van der Waals surface area (Å²) < 4.78 is 0. The summed E-state index contributed by atoms with van der Waals surface area (Å²) >= 11 is 0. The summed E-state index contributed by atoms with van der Waals surface area (Å²) in [7, 11) is -0.412. The molecule has 0 N–H and O–H groups in total. The zero-order chi connectivity index (χ0) is 6.62. The second-order valence-corrected chi connectivity index (χ2v) is 7.70. The van der Waals surface area contributed by atoms with Crippen LogP contribution in [0.1, 0.15) is 20.8 Å². The van der Waals surface area contributed by atoms with E-state index in [1.807, 2.05) is 0 Å². The van der Waals surface area contributed by atoms with Crippen molar-refractivity contribution < 1.29 is 22.4 Å². The van der Waals surface area contributed by atoms with Crippen LogP contribution in [-0.2, 0) is 22.4 Å². The minimum Gasteiger partial charge on any atom is -0.0311 e. The molecule has 2 heteroatoms. The van der Waals surface area contributed by atoms with Crippen molar-refractivity contribution in [3.8, 4) is 0 Å². The maximum atomic E-state index is 2.47. The smallest absolute Gasteiger partial charge is 0.0311 e. The molecule has 0 heterocycles. The molecule has 0 saturated carbocycles. The van der Waals surface area contributed by atoms with Crippen LogP contribution < -0.4 is 0 Å². The molecule has 0 spiro atoms. The molecule has 0 nitrogen and oxygen atoms in total. The summed E-state index contributed by atoms with van der Waals surface area (Å²) in [5, 5.41) is 0. The van der Waals surface area contributed by atoms with Gasteiger partial charge in [-0.2, -0.15) is 0 Å². The van der Waals surface area contributed by atoms with Crippen molar-refractivity contribution in [3.63, 3.8) is 0 Å².